The molecule has 0 aromatic heterocycles. The van der Waals surface area contributed by atoms with Crippen molar-refractivity contribution < 1.29 is 14.7 Å². The van der Waals surface area contributed by atoms with Crippen molar-refractivity contribution in [3.05, 3.63) is 0 Å². The van der Waals surface area contributed by atoms with Crippen LogP contribution in [0.15, 0.2) is 0 Å². The average Bonchev–Trinajstić information content (AvgIpc) is 2.49. The van der Waals surface area contributed by atoms with Crippen LogP contribution < -0.4 is 0 Å². The molecule has 0 aromatic rings. The minimum atomic E-state index is -1.00. The Kier molecular flexibility index (Phi) is 3.21. The second kappa shape index (κ2) is 3.56. The summed E-state index contributed by atoms with van der Waals surface area (Å²) in [6.45, 7) is 3.57. The van der Waals surface area contributed by atoms with Crippen molar-refractivity contribution in [2.24, 2.45) is 17.3 Å². The highest BCUT2D eigenvalue weighted by Crippen LogP contribution is 2.61. The molecule has 1 rings (SSSR count). The zero-order valence-corrected chi connectivity index (χ0v) is 12.3. The summed E-state index contributed by atoms with van der Waals surface area (Å²) in [5.74, 6) is -2.12. The summed E-state index contributed by atoms with van der Waals surface area (Å²) in [7, 11) is 0. The quantitative estimate of drug-likeness (QED) is 0.735. The van der Waals surface area contributed by atoms with Gasteiger partial charge in [0.05, 0.1) is 5.92 Å². The molecule has 1 aliphatic rings. The van der Waals surface area contributed by atoms with Gasteiger partial charge in [0.1, 0.15) is 0 Å². The van der Waals surface area contributed by atoms with Gasteiger partial charge in [-0.3, -0.25) is 9.59 Å². The van der Waals surface area contributed by atoms with E-state index in [9.17, 15) is 9.59 Å². The molecule has 0 bridgehead atoms. The molecule has 0 saturated heterocycles. The van der Waals surface area contributed by atoms with E-state index < -0.39 is 25.4 Å². The lowest BCUT2D eigenvalue weighted by molar-refractivity contribution is -0.140. The fourth-order valence-corrected chi connectivity index (χ4v) is 2.50. The largest absolute Gasteiger partial charge is 0.481 e. The van der Waals surface area contributed by atoms with Crippen LogP contribution >= 0.6 is 47.8 Å². The zero-order chi connectivity index (χ0) is 11.3. The second-order valence-corrected chi connectivity index (χ2v) is 10.7. The Hall–Kier alpha value is 0.580. The first-order chi connectivity index (χ1) is 6.10. The number of ketones is 1. The molecule has 80 valence electrons. The smallest absolute Gasteiger partial charge is 0.307 e. The van der Waals surface area contributed by atoms with E-state index in [1.54, 1.807) is 13.8 Å². The fourth-order valence-electron chi connectivity index (χ4n) is 1.76. The zero-order valence-electron chi connectivity index (χ0n) is 7.55. The average molecular weight is 393 g/mol. The molecule has 0 amide bonds. The number of aliphatic carboxylic acids is 1. The third-order valence-electron chi connectivity index (χ3n) is 2.66. The Balaban J connectivity index is 2.85. The van der Waals surface area contributed by atoms with Crippen LogP contribution in [-0.2, 0) is 9.59 Å². The van der Waals surface area contributed by atoms with Crippen molar-refractivity contribution in [3.63, 3.8) is 0 Å². The van der Waals surface area contributed by atoms with E-state index in [0.29, 0.717) is 0 Å². The number of rotatable bonds is 2. The van der Waals surface area contributed by atoms with E-state index in [1.165, 1.54) is 0 Å². The van der Waals surface area contributed by atoms with Gasteiger partial charge in [-0.1, -0.05) is 61.6 Å². The van der Waals surface area contributed by atoms with Gasteiger partial charge in [0.15, 0.2) is 7.93 Å². The number of Topliss-reactive ketones (excluding diaryl/α,β-unsaturated/α-hetero) is 1. The molecule has 2 atom stereocenters. The minimum absolute atomic E-state index is 0.185. The van der Waals surface area contributed by atoms with Crippen LogP contribution in [-0.4, -0.2) is 19.0 Å². The molecule has 2 unspecified atom stereocenters. The Labute approximate surface area is 107 Å². The first-order valence-electron chi connectivity index (χ1n) is 3.94. The lowest BCUT2D eigenvalue weighted by Crippen LogP contribution is -2.22. The molecular formula is C8H9Br3O3. The van der Waals surface area contributed by atoms with E-state index in [4.69, 9.17) is 5.11 Å². The van der Waals surface area contributed by atoms with E-state index >= 15 is 0 Å². The highest BCUT2D eigenvalue weighted by Gasteiger charge is 2.67. The van der Waals surface area contributed by atoms with Crippen molar-refractivity contribution in [1.82, 2.24) is 0 Å². The lowest BCUT2D eigenvalue weighted by atomic mass is 10.1. The standard InChI is InChI=1S/C8H9Br3O3/c1-7(2)3(4(7)6(13)14)5(12)8(9,10)11/h3-4H,1-2H3,(H,13,14). The summed E-state index contributed by atoms with van der Waals surface area (Å²) >= 11 is 9.31. The summed E-state index contributed by atoms with van der Waals surface area (Å²) in [6.07, 6.45) is 0. The van der Waals surface area contributed by atoms with Gasteiger partial charge in [0.25, 0.3) is 0 Å². The summed E-state index contributed by atoms with van der Waals surface area (Å²) in [6, 6.07) is 0. The molecule has 1 fully saturated rings. The molecule has 14 heavy (non-hydrogen) atoms. The van der Waals surface area contributed by atoms with Gasteiger partial charge in [-0.2, -0.15) is 0 Å². The predicted octanol–water partition coefficient (Wildman–Crippen LogP) is 2.75. The number of carboxylic acids is 1. The molecule has 0 aromatic carbocycles. The third-order valence-corrected chi connectivity index (χ3v) is 3.83. The Bertz CT molecular complexity index is 293. The van der Waals surface area contributed by atoms with Crippen LogP contribution in [0.1, 0.15) is 13.8 Å². The Morgan fingerprint density at radius 1 is 1.21 bits per heavy atom. The Morgan fingerprint density at radius 3 is 1.86 bits per heavy atom. The van der Waals surface area contributed by atoms with Crippen LogP contribution in [0.3, 0.4) is 0 Å². The maximum absolute atomic E-state index is 11.8. The molecule has 1 saturated carbocycles. The Morgan fingerprint density at radius 2 is 1.64 bits per heavy atom. The summed E-state index contributed by atoms with van der Waals surface area (Å²) in [5, 5.41) is 8.88. The molecule has 0 heterocycles. The topological polar surface area (TPSA) is 54.4 Å². The molecule has 0 radical (unpaired) electrons. The first-order valence-corrected chi connectivity index (χ1v) is 6.32. The molecule has 1 aliphatic carbocycles. The fraction of sp³-hybridized carbons (Fsp3) is 0.750. The number of halogens is 3. The van der Waals surface area contributed by atoms with Crippen LogP contribution in [0.5, 0.6) is 0 Å². The number of hydrogen-bond acceptors (Lipinski definition) is 2. The van der Waals surface area contributed by atoms with Gasteiger partial charge in [-0.25, -0.2) is 0 Å². The van der Waals surface area contributed by atoms with E-state index in [0.717, 1.165) is 0 Å². The van der Waals surface area contributed by atoms with Crippen molar-refractivity contribution in [2.45, 2.75) is 16.0 Å². The van der Waals surface area contributed by atoms with E-state index in [1.807, 2.05) is 0 Å². The van der Waals surface area contributed by atoms with Crippen LogP contribution in [0.4, 0.5) is 0 Å². The van der Waals surface area contributed by atoms with Gasteiger partial charge in [-0.05, 0) is 5.41 Å². The number of alkyl halides is 3. The molecule has 3 nitrogen and oxygen atoms in total. The highest BCUT2D eigenvalue weighted by molar-refractivity contribution is 9.40. The summed E-state index contributed by atoms with van der Waals surface area (Å²) in [5.41, 5.74) is -0.455. The van der Waals surface area contributed by atoms with E-state index in [-0.39, 0.29) is 5.78 Å². The van der Waals surface area contributed by atoms with Gasteiger partial charge in [0.2, 0.25) is 0 Å². The van der Waals surface area contributed by atoms with Crippen molar-refractivity contribution >= 4 is 59.5 Å². The number of carboxylic acid groups (broad SMARTS) is 1. The van der Waals surface area contributed by atoms with Crippen LogP contribution in [0, 0.1) is 17.3 Å². The maximum atomic E-state index is 11.8. The highest BCUT2D eigenvalue weighted by atomic mass is 80.0. The number of hydrogen-bond donors (Lipinski definition) is 1. The summed E-state index contributed by atoms with van der Waals surface area (Å²) < 4.78 is -1.00. The van der Waals surface area contributed by atoms with Gasteiger partial charge < -0.3 is 5.11 Å². The monoisotopic (exact) mass is 390 g/mol. The van der Waals surface area contributed by atoms with Crippen LogP contribution in [0.2, 0.25) is 0 Å². The van der Waals surface area contributed by atoms with Crippen molar-refractivity contribution in [1.29, 1.82) is 0 Å². The molecule has 1 N–H and O–H groups in total. The third kappa shape index (κ3) is 2.07. The SMILES string of the molecule is CC1(C)C(C(=O)O)C1C(=O)C(Br)(Br)Br. The molecular weight excluding hydrogens is 384 g/mol. The van der Waals surface area contributed by atoms with Gasteiger partial charge >= 0.3 is 5.97 Å². The molecule has 0 aliphatic heterocycles. The number of carbonyl (C=O) groups excluding carboxylic acids is 1. The molecule has 0 spiro atoms. The van der Waals surface area contributed by atoms with Crippen LogP contribution in [0.25, 0.3) is 0 Å². The van der Waals surface area contributed by atoms with Gasteiger partial charge in [0, 0.05) is 5.92 Å². The van der Waals surface area contributed by atoms with E-state index in [2.05, 4.69) is 47.8 Å². The lowest BCUT2D eigenvalue weighted by Gasteiger charge is -2.10. The van der Waals surface area contributed by atoms with Crippen molar-refractivity contribution in [2.75, 3.05) is 0 Å². The predicted molar refractivity (Wildman–Crippen MR) is 62.9 cm³/mol. The van der Waals surface area contributed by atoms with Crippen molar-refractivity contribution in [3.8, 4) is 0 Å². The second-order valence-electron chi connectivity index (χ2n) is 3.98. The maximum Gasteiger partial charge on any atom is 0.307 e. The summed E-state index contributed by atoms with van der Waals surface area (Å²) in [4.78, 5) is 22.6. The number of carbonyl (C=O) groups is 2. The minimum Gasteiger partial charge on any atom is -0.481 e. The van der Waals surface area contributed by atoms with Gasteiger partial charge in [-0.15, -0.1) is 0 Å². The first kappa shape index (κ1) is 12.6. The molecule has 6 heteroatoms. The normalized spacial score (nSPS) is 29.8.